The van der Waals surface area contributed by atoms with Crippen LogP contribution in [0.15, 0.2) is 0 Å². The van der Waals surface area contributed by atoms with Crippen molar-refractivity contribution in [3.8, 4) is 0 Å². The second-order valence-corrected chi connectivity index (χ2v) is 5.22. The molecule has 0 bridgehead atoms. The average molecular weight is 215 g/mol. The molecule has 0 aromatic rings. The number of hydrogen-bond donors (Lipinski definition) is 0. The predicted octanol–water partition coefficient (Wildman–Crippen LogP) is 3.61. The van der Waals surface area contributed by atoms with Crippen LogP contribution >= 0.6 is 0 Å². The zero-order chi connectivity index (χ0) is 7.97. The van der Waals surface area contributed by atoms with E-state index in [0.29, 0.717) is 0 Å². The third kappa shape index (κ3) is 1.51. The molecule has 0 spiro atoms. The summed E-state index contributed by atoms with van der Waals surface area (Å²) in [5, 5.41) is 0. The molecule has 73 valence electrons. The van der Waals surface area contributed by atoms with Gasteiger partial charge in [-0.3, -0.25) is 0 Å². The fraction of sp³-hybridized carbons (Fsp3) is 1.00. The molecule has 0 N–H and O–H groups in total. The Morgan fingerprint density at radius 3 is 0.769 bits per heavy atom. The van der Waals surface area contributed by atoms with Crippen molar-refractivity contribution in [1.29, 1.82) is 0 Å². The topological polar surface area (TPSA) is 0 Å². The minimum atomic E-state index is 0. The van der Waals surface area contributed by atoms with Crippen LogP contribution in [0.3, 0.4) is 0 Å². The van der Waals surface area contributed by atoms with Crippen LogP contribution in [0.4, 0.5) is 0 Å². The molecule has 0 unspecified atom stereocenters. The third-order valence-electron chi connectivity index (χ3n) is 4.87. The molecular weight excluding hydrogens is 195 g/mol. The third-order valence-corrected chi connectivity index (χ3v) is 4.87. The fourth-order valence-corrected chi connectivity index (χ4v) is 3.33. The van der Waals surface area contributed by atoms with Crippen LogP contribution < -0.4 is 0 Å². The Kier molecular flexibility index (Phi) is 3.10. The van der Waals surface area contributed by atoms with Gasteiger partial charge in [-0.05, 0) is 49.4 Å². The van der Waals surface area contributed by atoms with Gasteiger partial charge in [0.1, 0.15) is 0 Å². The van der Waals surface area contributed by atoms with Crippen LogP contribution in [-0.2, 0) is 18.6 Å². The first-order valence-corrected chi connectivity index (χ1v) is 5.97. The molecule has 0 nitrogen and oxygen atoms in total. The van der Waals surface area contributed by atoms with Crippen molar-refractivity contribution in [3.05, 3.63) is 0 Å². The molecule has 1 radical (unpaired) electrons. The molecule has 0 aromatic carbocycles. The van der Waals surface area contributed by atoms with Gasteiger partial charge in [0, 0.05) is 18.6 Å². The van der Waals surface area contributed by atoms with Crippen molar-refractivity contribution in [2.75, 3.05) is 0 Å². The Hall–Kier alpha value is 0.584. The van der Waals surface area contributed by atoms with Gasteiger partial charge in [0.25, 0.3) is 0 Å². The van der Waals surface area contributed by atoms with Crippen molar-refractivity contribution >= 4 is 0 Å². The first kappa shape index (κ1) is 10.1. The van der Waals surface area contributed by atoms with Gasteiger partial charge in [-0.15, -0.1) is 0 Å². The van der Waals surface area contributed by atoms with E-state index >= 15 is 0 Å². The minimum Gasteiger partial charge on any atom is -0.0533 e. The van der Waals surface area contributed by atoms with E-state index in [9.17, 15) is 0 Å². The molecule has 0 atom stereocenters. The van der Waals surface area contributed by atoms with E-state index in [2.05, 4.69) is 0 Å². The van der Waals surface area contributed by atoms with Gasteiger partial charge in [-0.25, -0.2) is 0 Å². The van der Waals surface area contributed by atoms with Crippen molar-refractivity contribution in [2.24, 2.45) is 23.7 Å². The van der Waals surface area contributed by atoms with Crippen LogP contribution in [0.25, 0.3) is 0 Å². The summed E-state index contributed by atoms with van der Waals surface area (Å²) in [5.41, 5.74) is 0. The molecule has 4 saturated carbocycles. The van der Waals surface area contributed by atoms with Crippen LogP contribution in [0.5, 0.6) is 0 Å². The van der Waals surface area contributed by atoms with Gasteiger partial charge in [0.05, 0.1) is 0 Å². The minimum absolute atomic E-state index is 0. The monoisotopic (exact) mass is 215 g/mol. The van der Waals surface area contributed by atoms with E-state index < -0.39 is 0 Å². The fourth-order valence-electron chi connectivity index (χ4n) is 3.33. The van der Waals surface area contributed by atoms with Crippen molar-refractivity contribution in [1.82, 2.24) is 0 Å². The summed E-state index contributed by atoms with van der Waals surface area (Å²) in [7, 11) is 0. The van der Waals surface area contributed by atoms with Gasteiger partial charge in [-0.2, -0.15) is 0 Å². The normalized spacial score (nSPS) is 48.0. The Bertz CT molecular complexity index is 130. The van der Waals surface area contributed by atoms with Crippen LogP contribution in [0.2, 0.25) is 0 Å². The van der Waals surface area contributed by atoms with Crippen molar-refractivity contribution in [3.63, 3.8) is 0 Å². The zero-order valence-electron chi connectivity index (χ0n) is 8.41. The molecular formula is C12H20V. The molecule has 1 heteroatoms. The van der Waals surface area contributed by atoms with Gasteiger partial charge < -0.3 is 0 Å². The van der Waals surface area contributed by atoms with E-state index in [4.69, 9.17) is 0 Å². The van der Waals surface area contributed by atoms with Crippen LogP contribution in [-0.4, -0.2) is 0 Å². The zero-order valence-corrected chi connectivity index (χ0v) is 9.81. The largest absolute Gasteiger partial charge is 0.0533 e. The first-order chi connectivity index (χ1) is 5.97. The molecule has 0 aromatic heterocycles. The molecule has 0 saturated heterocycles. The molecule has 4 aliphatic carbocycles. The summed E-state index contributed by atoms with van der Waals surface area (Å²) in [6, 6.07) is 0. The van der Waals surface area contributed by atoms with E-state index in [1.54, 1.807) is 25.7 Å². The predicted molar refractivity (Wildman–Crippen MR) is 50.9 cm³/mol. The van der Waals surface area contributed by atoms with Crippen LogP contribution in [0, 0.1) is 23.7 Å². The quantitative estimate of drug-likeness (QED) is 0.579. The molecule has 4 rings (SSSR count). The first-order valence-electron chi connectivity index (χ1n) is 5.97. The maximum Gasteiger partial charge on any atom is 0 e. The van der Waals surface area contributed by atoms with Gasteiger partial charge >= 0.3 is 0 Å². The Morgan fingerprint density at radius 2 is 0.692 bits per heavy atom. The average Bonchev–Trinajstić information content (AvgIpc) is 1.87. The summed E-state index contributed by atoms with van der Waals surface area (Å²) >= 11 is 0. The molecule has 4 fully saturated rings. The summed E-state index contributed by atoms with van der Waals surface area (Å²) in [5.74, 6) is 4.98. The molecule has 0 aliphatic heterocycles. The van der Waals surface area contributed by atoms with Crippen LogP contribution in [0.1, 0.15) is 51.4 Å². The maximum atomic E-state index is 1.59. The van der Waals surface area contributed by atoms with E-state index in [1.165, 1.54) is 49.4 Å². The molecule has 4 aliphatic rings. The summed E-state index contributed by atoms with van der Waals surface area (Å²) in [6.07, 6.45) is 12.4. The van der Waals surface area contributed by atoms with Gasteiger partial charge in [-0.1, -0.05) is 25.7 Å². The number of hydrogen-bond acceptors (Lipinski definition) is 0. The second kappa shape index (κ2) is 3.99. The van der Waals surface area contributed by atoms with E-state index in [0.717, 1.165) is 0 Å². The SMILES string of the molecule is C1CC2C1C1CCC21.C1CCC1.[V]. The standard InChI is InChI=1S/C8H12.C4H8.V/c1-2-6-5(1)7-3-4-8(6)7;1-2-4-3-1;/h5-8H,1-4H2;1-4H2;. The summed E-state index contributed by atoms with van der Waals surface area (Å²) in [4.78, 5) is 0. The second-order valence-electron chi connectivity index (χ2n) is 5.22. The summed E-state index contributed by atoms with van der Waals surface area (Å²) in [6.45, 7) is 0. The molecule has 0 amide bonds. The van der Waals surface area contributed by atoms with Gasteiger partial charge in [0.15, 0.2) is 0 Å². The maximum absolute atomic E-state index is 1.59. The van der Waals surface area contributed by atoms with E-state index in [-0.39, 0.29) is 18.6 Å². The molecule has 13 heavy (non-hydrogen) atoms. The Balaban J connectivity index is 0.000000114. The van der Waals surface area contributed by atoms with Crippen molar-refractivity contribution in [2.45, 2.75) is 51.4 Å². The Morgan fingerprint density at radius 1 is 0.462 bits per heavy atom. The summed E-state index contributed by atoms with van der Waals surface area (Å²) < 4.78 is 0. The smallest absolute Gasteiger partial charge is 0 e. The van der Waals surface area contributed by atoms with Crippen molar-refractivity contribution < 1.29 is 18.6 Å². The number of fused-ring (bicyclic) bond motifs is 4. The van der Waals surface area contributed by atoms with E-state index in [1.807, 2.05) is 0 Å². The number of rotatable bonds is 0. The van der Waals surface area contributed by atoms with Gasteiger partial charge in [0.2, 0.25) is 0 Å². The molecule has 0 heterocycles. The Labute approximate surface area is 93.7 Å².